The first kappa shape index (κ1) is 26.3. The van der Waals surface area contributed by atoms with Crippen LogP contribution in [0.25, 0.3) is 0 Å². The third-order valence-corrected chi connectivity index (χ3v) is 6.86. The zero-order valence-electron chi connectivity index (χ0n) is 17.0. The van der Waals surface area contributed by atoms with Gasteiger partial charge in [0.15, 0.2) is 12.0 Å². The van der Waals surface area contributed by atoms with Gasteiger partial charge in [-0.1, -0.05) is 30.3 Å². The number of H-pyrrole nitrogens is 1. The van der Waals surface area contributed by atoms with Gasteiger partial charge in [0, 0.05) is 23.7 Å². The summed E-state index contributed by atoms with van der Waals surface area (Å²) < 4.78 is 36.3. The summed E-state index contributed by atoms with van der Waals surface area (Å²) in [7, 11) is -10.6. The molecule has 1 saturated heterocycles. The van der Waals surface area contributed by atoms with Crippen LogP contribution in [0.1, 0.15) is 22.1 Å². The first-order chi connectivity index (χ1) is 15.8. The lowest BCUT2D eigenvalue weighted by Gasteiger charge is -2.18. The van der Waals surface area contributed by atoms with Gasteiger partial charge in [-0.05, 0) is 0 Å². The molecule has 5 atom stereocenters. The molecule has 1 aliphatic rings. The third kappa shape index (κ3) is 6.43. The van der Waals surface area contributed by atoms with E-state index in [1.165, 1.54) is 12.1 Å². The van der Waals surface area contributed by atoms with Crippen LogP contribution in [-0.2, 0) is 29.1 Å². The van der Waals surface area contributed by atoms with Crippen LogP contribution < -0.4 is 11.2 Å². The highest BCUT2D eigenvalue weighted by Crippen LogP contribution is 2.57. The number of nitrogens with one attached hydrogen (secondary N) is 1. The Labute approximate surface area is 190 Å². The minimum Gasteiger partial charge on any atom is -0.387 e. The number of aliphatic hydroxyl groups excluding tert-OH is 2. The van der Waals surface area contributed by atoms with Crippen LogP contribution in [0, 0.1) is 0 Å². The molecule has 0 saturated carbocycles. The van der Waals surface area contributed by atoms with Crippen LogP contribution in [0.15, 0.2) is 46.1 Å². The van der Waals surface area contributed by atoms with Gasteiger partial charge in [-0.3, -0.25) is 23.7 Å². The Morgan fingerprint density at radius 2 is 1.74 bits per heavy atom. The zero-order valence-corrected chi connectivity index (χ0v) is 18.8. The number of aromatic nitrogens is 2. The van der Waals surface area contributed by atoms with Crippen LogP contribution in [0.3, 0.4) is 0 Å². The molecule has 2 heterocycles. The summed E-state index contributed by atoms with van der Waals surface area (Å²) in [4.78, 5) is 65.4. The van der Waals surface area contributed by atoms with E-state index in [1.807, 2.05) is 4.98 Å². The van der Waals surface area contributed by atoms with Crippen molar-refractivity contribution in [3.8, 4) is 0 Å². The van der Waals surface area contributed by atoms with Gasteiger partial charge in [-0.2, -0.15) is 4.31 Å². The van der Waals surface area contributed by atoms with E-state index < -0.39 is 70.2 Å². The summed E-state index contributed by atoms with van der Waals surface area (Å²) in [6, 6.07) is 8.02. The average molecular weight is 522 g/mol. The second kappa shape index (κ2) is 10.1. The highest BCUT2D eigenvalue weighted by molar-refractivity contribution is 7.60. The molecule has 0 aliphatic carbocycles. The molecular weight excluding hydrogens is 502 g/mol. The molecule has 2 aromatic rings. The number of carbonyl (C=O) groups is 1. The van der Waals surface area contributed by atoms with Crippen molar-refractivity contribution in [1.82, 2.24) is 9.55 Å². The maximum atomic E-state index is 12.4. The molecule has 1 aliphatic heterocycles. The molecule has 1 unspecified atom stereocenters. The maximum absolute atomic E-state index is 12.4. The molecule has 0 spiro atoms. The number of ether oxygens (including phenoxy) is 1. The smallest absolute Gasteiger partial charge is 0.387 e. The average Bonchev–Trinajstić information content (AvgIpc) is 3.01. The number of phosphoric acid groups is 2. The predicted octanol–water partition coefficient (Wildman–Crippen LogP) is -1.19. The molecule has 1 aromatic heterocycles. The van der Waals surface area contributed by atoms with Crippen LogP contribution in [0.5, 0.6) is 0 Å². The molecule has 0 amide bonds. The van der Waals surface area contributed by atoms with E-state index in [-0.39, 0.29) is 5.56 Å². The Kier molecular flexibility index (Phi) is 7.85. The predicted molar refractivity (Wildman–Crippen MR) is 111 cm³/mol. The third-order valence-electron chi connectivity index (χ3n) is 4.71. The number of benzene rings is 1. The number of ketones is 1. The number of hydrogen-bond donors (Lipinski definition) is 6. The van der Waals surface area contributed by atoms with Gasteiger partial charge in [0.05, 0.1) is 6.61 Å². The fourth-order valence-electron chi connectivity index (χ4n) is 3.16. The fourth-order valence-corrected chi connectivity index (χ4v) is 4.76. The highest BCUT2D eigenvalue weighted by atomic mass is 31.3. The lowest BCUT2D eigenvalue weighted by atomic mass is 10.1. The minimum atomic E-state index is -5.38. The molecule has 6 N–H and O–H groups in total. The van der Waals surface area contributed by atoms with Crippen molar-refractivity contribution in [2.45, 2.75) is 31.0 Å². The largest absolute Gasteiger partial charge is 0.481 e. The Balaban J connectivity index is 1.79. The number of aliphatic hydroxyl groups is 2. The van der Waals surface area contributed by atoms with Crippen LogP contribution in [0.4, 0.5) is 0 Å². The molecule has 3 rings (SSSR count). The molecule has 0 radical (unpaired) electrons. The number of hydrogen-bond acceptors (Lipinski definition) is 10. The van der Waals surface area contributed by atoms with E-state index in [9.17, 15) is 38.6 Å². The molecule has 15 nitrogen and oxygen atoms in total. The summed E-state index contributed by atoms with van der Waals surface area (Å²) in [5, 5.41) is 20.5. The number of nitrogens with zero attached hydrogens (tertiary/aromatic N) is 1. The van der Waals surface area contributed by atoms with E-state index in [0.29, 0.717) is 10.1 Å². The maximum Gasteiger partial charge on any atom is 0.481 e. The Morgan fingerprint density at radius 1 is 1.09 bits per heavy atom. The van der Waals surface area contributed by atoms with Crippen LogP contribution >= 0.6 is 15.6 Å². The molecule has 34 heavy (non-hydrogen) atoms. The molecule has 17 heteroatoms. The molecule has 186 valence electrons. The molecule has 1 aromatic carbocycles. The minimum absolute atomic E-state index is 0.145. The van der Waals surface area contributed by atoms with Gasteiger partial charge in [0.25, 0.3) is 5.56 Å². The number of rotatable bonds is 9. The topological polar surface area (TPSA) is 235 Å². The van der Waals surface area contributed by atoms with E-state index in [2.05, 4.69) is 8.83 Å². The van der Waals surface area contributed by atoms with Crippen molar-refractivity contribution in [1.29, 1.82) is 0 Å². The summed E-state index contributed by atoms with van der Waals surface area (Å²) in [6.45, 7) is -0.972. The second-order valence-electron chi connectivity index (χ2n) is 7.17. The summed E-state index contributed by atoms with van der Waals surface area (Å²) in [6.07, 6.45) is -6.16. The van der Waals surface area contributed by atoms with Crippen molar-refractivity contribution >= 4 is 21.4 Å². The number of carbonyl (C=O) groups excluding carboxylic acids is 1. The molecular formula is C17H20N2O13P2. The van der Waals surface area contributed by atoms with Gasteiger partial charge in [0.1, 0.15) is 18.3 Å². The van der Waals surface area contributed by atoms with Gasteiger partial charge in [0.2, 0.25) is 0 Å². The normalized spacial score (nSPS) is 24.6. The number of aromatic amines is 1. The van der Waals surface area contributed by atoms with Crippen molar-refractivity contribution < 1.29 is 52.4 Å². The van der Waals surface area contributed by atoms with Crippen LogP contribution in [0.2, 0.25) is 0 Å². The van der Waals surface area contributed by atoms with Gasteiger partial charge in [-0.15, -0.1) is 0 Å². The highest BCUT2D eigenvalue weighted by Gasteiger charge is 2.46. The quantitative estimate of drug-likeness (QED) is 0.168. The zero-order chi connectivity index (χ0) is 25.3. The van der Waals surface area contributed by atoms with Crippen molar-refractivity contribution in [2.24, 2.45) is 0 Å². The first-order valence-corrected chi connectivity index (χ1v) is 12.5. The Bertz CT molecular complexity index is 1250. The lowest BCUT2D eigenvalue weighted by Crippen LogP contribution is -2.39. The van der Waals surface area contributed by atoms with E-state index in [4.69, 9.17) is 14.5 Å². The van der Waals surface area contributed by atoms with Crippen molar-refractivity contribution in [2.75, 3.05) is 6.61 Å². The first-order valence-electron chi connectivity index (χ1n) is 9.46. The van der Waals surface area contributed by atoms with Gasteiger partial charge >= 0.3 is 21.3 Å². The van der Waals surface area contributed by atoms with Crippen LogP contribution in [-0.4, -0.2) is 65.1 Å². The summed E-state index contributed by atoms with van der Waals surface area (Å²) in [5.41, 5.74) is -1.73. The fraction of sp³-hybridized carbons (Fsp3) is 0.353. The summed E-state index contributed by atoms with van der Waals surface area (Å²) >= 11 is 0. The number of phosphoric ester groups is 1. The molecule has 0 bridgehead atoms. The van der Waals surface area contributed by atoms with E-state index in [1.54, 1.807) is 18.2 Å². The number of Topliss-reactive ketones (excluding diaryl/α,β-unsaturated/α-hetero) is 1. The van der Waals surface area contributed by atoms with Crippen molar-refractivity contribution in [3.63, 3.8) is 0 Å². The van der Waals surface area contributed by atoms with Crippen molar-refractivity contribution in [3.05, 3.63) is 68.5 Å². The van der Waals surface area contributed by atoms with E-state index in [0.717, 1.165) is 6.20 Å². The van der Waals surface area contributed by atoms with Gasteiger partial charge < -0.3 is 29.6 Å². The standard InChI is InChI=1S/C17H20N2O13P2/c20-11(9-4-2-1-3-5-9)6-10-7-19(17(24)18-15(10)23)16-14(22)13(21)12(31-16)8-30-34(28,29)32-33(25,26)27/h1-5,7,12-14,16,21-22H,6,8H2,(H,28,29)(H,18,23,24)(H2,25,26,27)/t12-,13-,14-,16-/m1/s1. The molecule has 1 fully saturated rings. The second-order valence-corrected chi connectivity index (χ2v) is 10.00. The monoisotopic (exact) mass is 522 g/mol. The van der Waals surface area contributed by atoms with E-state index >= 15 is 0 Å². The summed E-state index contributed by atoms with van der Waals surface area (Å²) in [5.74, 6) is -0.431. The lowest BCUT2D eigenvalue weighted by molar-refractivity contribution is -0.0543. The SMILES string of the molecule is O=C(Cc1cn([C@@H]2O[C@H](COP(=O)(O)OP(=O)(O)O)[C@@H](O)[C@H]2O)c(=O)[nH]c1=O)c1ccccc1. The Hall–Kier alpha value is -2.29. The van der Waals surface area contributed by atoms with Gasteiger partial charge in [-0.25, -0.2) is 13.9 Å². The Morgan fingerprint density at radius 3 is 2.35 bits per heavy atom.